The Balaban J connectivity index is 3.17. The highest BCUT2D eigenvalue weighted by molar-refractivity contribution is 7.89. The molecular formula is C17H24N2O6S. The molecule has 8 nitrogen and oxygen atoms in total. The Morgan fingerprint density at radius 1 is 1.35 bits per heavy atom. The molecule has 1 aromatic carbocycles. The normalized spacial score (nSPS) is 12.5. The predicted octanol–water partition coefficient (Wildman–Crippen LogP) is 1.53. The Kier molecular flexibility index (Phi) is 7.78. The molecule has 0 bridgehead atoms. The summed E-state index contributed by atoms with van der Waals surface area (Å²) in [5.41, 5.74) is 0.0137. The first-order valence-corrected chi connectivity index (χ1v) is 9.45. The molecule has 26 heavy (non-hydrogen) atoms. The Labute approximate surface area is 153 Å². The highest BCUT2D eigenvalue weighted by Crippen LogP contribution is 2.25. The van der Waals surface area contributed by atoms with Crippen molar-refractivity contribution < 1.29 is 27.9 Å². The summed E-state index contributed by atoms with van der Waals surface area (Å²) in [6.07, 6.45) is 2.15. The van der Waals surface area contributed by atoms with Crippen LogP contribution < -0.4 is 14.8 Å². The number of carboxylic acid groups (broad SMARTS) is 1. The van der Waals surface area contributed by atoms with Gasteiger partial charge < -0.3 is 15.2 Å². The molecule has 0 heterocycles. The molecule has 9 heteroatoms. The number of allylic oxidation sites excluding steroid dienone is 1. The van der Waals surface area contributed by atoms with E-state index in [1.54, 1.807) is 19.9 Å². The minimum atomic E-state index is -3.90. The van der Waals surface area contributed by atoms with Gasteiger partial charge in [-0.3, -0.25) is 4.79 Å². The summed E-state index contributed by atoms with van der Waals surface area (Å²) in [6, 6.07) is 2.43. The zero-order valence-electron chi connectivity index (χ0n) is 15.0. The van der Waals surface area contributed by atoms with Crippen LogP contribution in [0.2, 0.25) is 0 Å². The summed E-state index contributed by atoms with van der Waals surface area (Å²) >= 11 is 0. The summed E-state index contributed by atoms with van der Waals surface area (Å²) in [5, 5.41) is 11.6. The van der Waals surface area contributed by atoms with E-state index in [9.17, 15) is 23.1 Å². The summed E-state index contributed by atoms with van der Waals surface area (Å²) in [4.78, 5) is 23.4. The Hall–Kier alpha value is -2.39. The van der Waals surface area contributed by atoms with Crippen molar-refractivity contribution in [3.05, 3.63) is 36.4 Å². The smallest absolute Gasteiger partial charge is 0.326 e. The molecule has 0 saturated carbocycles. The topological polar surface area (TPSA) is 122 Å². The number of ether oxygens (including phenoxy) is 1. The van der Waals surface area contributed by atoms with Crippen molar-refractivity contribution in [2.45, 2.75) is 43.7 Å². The quantitative estimate of drug-likeness (QED) is 0.526. The summed E-state index contributed by atoms with van der Waals surface area (Å²) < 4.78 is 32.4. The lowest BCUT2D eigenvalue weighted by atomic mass is 10.1. The van der Waals surface area contributed by atoms with E-state index >= 15 is 0 Å². The number of carbonyl (C=O) groups is 2. The molecule has 0 saturated heterocycles. The maximum absolute atomic E-state index is 12.4. The lowest BCUT2D eigenvalue weighted by molar-refractivity contribution is -0.139. The highest BCUT2D eigenvalue weighted by atomic mass is 32.2. The number of aliphatic carboxylic acids is 1. The van der Waals surface area contributed by atoms with E-state index in [0.29, 0.717) is 6.42 Å². The molecule has 0 aliphatic heterocycles. The monoisotopic (exact) mass is 384 g/mol. The van der Waals surface area contributed by atoms with Crippen LogP contribution in [0.5, 0.6) is 5.75 Å². The van der Waals surface area contributed by atoms with Gasteiger partial charge in [0.25, 0.3) is 5.91 Å². The van der Waals surface area contributed by atoms with Crippen molar-refractivity contribution in [2.75, 3.05) is 7.11 Å². The lowest BCUT2D eigenvalue weighted by Gasteiger charge is -2.16. The molecule has 1 rings (SSSR count). The first-order valence-electron chi connectivity index (χ1n) is 7.97. The van der Waals surface area contributed by atoms with Crippen LogP contribution in [0, 0.1) is 0 Å². The molecule has 144 valence electrons. The second-order valence-corrected chi connectivity index (χ2v) is 7.55. The molecule has 0 aromatic heterocycles. The minimum Gasteiger partial charge on any atom is -0.495 e. The number of sulfonamides is 1. The molecular weight excluding hydrogens is 360 g/mol. The number of hydrogen-bond donors (Lipinski definition) is 3. The van der Waals surface area contributed by atoms with E-state index < -0.39 is 27.9 Å². The summed E-state index contributed by atoms with van der Waals surface area (Å²) in [7, 11) is -2.58. The number of methoxy groups -OCH3 is 1. The van der Waals surface area contributed by atoms with E-state index in [1.165, 1.54) is 19.2 Å². The maximum atomic E-state index is 12.4. The van der Waals surface area contributed by atoms with E-state index in [0.717, 1.165) is 6.07 Å². The Morgan fingerprint density at radius 2 is 2.00 bits per heavy atom. The van der Waals surface area contributed by atoms with Gasteiger partial charge >= 0.3 is 5.97 Å². The number of amides is 1. The van der Waals surface area contributed by atoms with Gasteiger partial charge in [0.2, 0.25) is 10.0 Å². The van der Waals surface area contributed by atoms with E-state index in [-0.39, 0.29) is 28.7 Å². The van der Waals surface area contributed by atoms with E-state index in [2.05, 4.69) is 16.6 Å². The van der Waals surface area contributed by atoms with Gasteiger partial charge in [0, 0.05) is 11.6 Å². The number of carbonyl (C=O) groups excluding carboxylic acids is 1. The average molecular weight is 384 g/mol. The van der Waals surface area contributed by atoms with Crippen LogP contribution in [-0.4, -0.2) is 44.6 Å². The zero-order chi connectivity index (χ0) is 19.9. The third kappa shape index (κ3) is 5.85. The fourth-order valence-corrected chi connectivity index (χ4v) is 3.63. The SMILES string of the molecule is C=CCCC(NC(=O)c1ccc(OC)c(S(=O)(=O)NC(C)C)c1)C(=O)O. The van der Waals surface area contributed by atoms with Gasteiger partial charge in [0.1, 0.15) is 16.7 Å². The van der Waals surface area contributed by atoms with Crippen LogP contribution in [0.1, 0.15) is 37.0 Å². The predicted molar refractivity (Wildman–Crippen MR) is 96.8 cm³/mol. The highest BCUT2D eigenvalue weighted by Gasteiger charge is 2.24. The van der Waals surface area contributed by atoms with E-state index in [1.807, 2.05) is 0 Å². The third-order valence-corrected chi connectivity index (χ3v) is 5.05. The number of hydrogen-bond acceptors (Lipinski definition) is 5. The van der Waals surface area contributed by atoms with Gasteiger partial charge in [-0.1, -0.05) is 6.08 Å². The fourth-order valence-electron chi connectivity index (χ4n) is 2.19. The van der Waals surface area contributed by atoms with Gasteiger partial charge in [-0.25, -0.2) is 17.9 Å². The minimum absolute atomic E-state index is 0.0137. The number of rotatable bonds is 10. The van der Waals surface area contributed by atoms with Crippen molar-refractivity contribution in [2.24, 2.45) is 0 Å². The van der Waals surface area contributed by atoms with Crippen LogP contribution in [0.4, 0.5) is 0 Å². The molecule has 0 fully saturated rings. The van der Waals surface area contributed by atoms with Gasteiger partial charge in [0.05, 0.1) is 7.11 Å². The molecule has 0 spiro atoms. The largest absolute Gasteiger partial charge is 0.495 e. The van der Waals surface area contributed by atoms with Crippen LogP contribution >= 0.6 is 0 Å². The van der Waals surface area contributed by atoms with Crippen molar-refractivity contribution in [3.8, 4) is 5.75 Å². The molecule has 1 unspecified atom stereocenters. The average Bonchev–Trinajstić information content (AvgIpc) is 2.56. The van der Waals surface area contributed by atoms with Gasteiger partial charge in [-0.15, -0.1) is 6.58 Å². The van der Waals surface area contributed by atoms with Crippen molar-refractivity contribution >= 4 is 21.9 Å². The zero-order valence-corrected chi connectivity index (χ0v) is 15.8. The third-order valence-electron chi connectivity index (χ3n) is 3.37. The van der Waals surface area contributed by atoms with Crippen LogP contribution in [-0.2, 0) is 14.8 Å². The fraction of sp³-hybridized carbons (Fsp3) is 0.412. The number of carboxylic acids is 1. The van der Waals surface area contributed by atoms with Gasteiger partial charge in [0.15, 0.2) is 0 Å². The van der Waals surface area contributed by atoms with Crippen LogP contribution in [0.15, 0.2) is 35.7 Å². The van der Waals surface area contributed by atoms with Gasteiger partial charge in [-0.05, 0) is 44.9 Å². The molecule has 0 aliphatic carbocycles. The second-order valence-electron chi connectivity index (χ2n) is 5.87. The molecule has 1 aromatic rings. The second kappa shape index (κ2) is 9.35. The van der Waals surface area contributed by atoms with E-state index in [4.69, 9.17) is 4.74 Å². The first kappa shape index (κ1) is 21.7. The Morgan fingerprint density at radius 3 is 2.50 bits per heavy atom. The standard InChI is InChI=1S/C17H24N2O6S/c1-5-6-7-13(17(21)22)18-16(20)12-8-9-14(25-4)15(10-12)26(23,24)19-11(2)3/h5,8-11,13,19H,1,6-7H2,2-4H3,(H,18,20)(H,21,22). The molecule has 3 N–H and O–H groups in total. The van der Waals surface area contributed by atoms with Crippen LogP contribution in [0.25, 0.3) is 0 Å². The summed E-state index contributed by atoms with van der Waals surface area (Å²) in [5.74, 6) is -1.79. The van der Waals surface area contributed by atoms with Gasteiger partial charge in [-0.2, -0.15) is 0 Å². The van der Waals surface area contributed by atoms with Crippen LogP contribution in [0.3, 0.4) is 0 Å². The lowest BCUT2D eigenvalue weighted by Crippen LogP contribution is -2.40. The maximum Gasteiger partial charge on any atom is 0.326 e. The van der Waals surface area contributed by atoms with Crippen molar-refractivity contribution in [1.82, 2.24) is 10.0 Å². The summed E-state index contributed by atoms with van der Waals surface area (Å²) in [6.45, 7) is 6.85. The van der Waals surface area contributed by atoms with Crippen molar-refractivity contribution in [3.63, 3.8) is 0 Å². The molecule has 1 atom stereocenters. The first-order chi connectivity index (χ1) is 12.1. The molecule has 1 amide bonds. The van der Waals surface area contributed by atoms with Crippen molar-refractivity contribution in [1.29, 1.82) is 0 Å². The Bertz CT molecular complexity index is 773. The number of nitrogens with one attached hydrogen (secondary N) is 2. The molecule has 0 aliphatic rings. The molecule has 0 radical (unpaired) electrons. The number of benzene rings is 1.